The summed E-state index contributed by atoms with van der Waals surface area (Å²) in [6.07, 6.45) is 1.21. The predicted octanol–water partition coefficient (Wildman–Crippen LogP) is 2.25. The number of rotatable bonds is 4. The van der Waals surface area contributed by atoms with E-state index in [4.69, 9.17) is 10.5 Å². The number of hydrogen-bond donors (Lipinski definition) is 1. The molecule has 1 saturated heterocycles. The van der Waals surface area contributed by atoms with E-state index in [1.807, 2.05) is 19.1 Å². The summed E-state index contributed by atoms with van der Waals surface area (Å²) >= 11 is 0. The van der Waals surface area contributed by atoms with Crippen molar-refractivity contribution >= 4 is 0 Å². The van der Waals surface area contributed by atoms with Gasteiger partial charge in [-0.15, -0.1) is 0 Å². The van der Waals surface area contributed by atoms with Gasteiger partial charge in [-0.2, -0.15) is 0 Å². The fourth-order valence-electron chi connectivity index (χ4n) is 2.43. The Bertz CT molecular complexity index is 363. The molecule has 1 aromatic rings. The molecule has 2 N–H and O–H groups in total. The third-order valence-electron chi connectivity index (χ3n) is 3.74. The lowest BCUT2D eigenvalue weighted by atomic mass is 9.94. The van der Waals surface area contributed by atoms with Crippen LogP contribution in [0.15, 0.2) is 24.3 Å². The van der Waals surface area contributed by atoms with Crippen LogP contribution in [-0.4, -0.2) is 30.6 Å². The van der Waals surface area contributed by atoms with E-state index in [1.165, 1.54) is 12.0 Å². The number of nitrogens with zero attached hydrogens (tertiary/aromatic N) is 1. The van der Waals surface area contributed by atoms with Crippen LogP contribution in [0.2, 0.25) is 0 Å². The number of ether oxygens (including phenoxy) is 1. The van der Waals surface area contributed by atoms with Gasteiger partial charge in [0.2, 0.25) is 0 Å². The minimum atomic E-state index is 0.321. The molecule has 0 spiro atoms. The monoisotopic (exact) mass is 248 g/mol. The maximum absolute atomic E-state index is 6.12. The highest BCUT2D eigenvalue weighted by Crippen LogP contribution is 2.19. The fraction of sp³-hybridized carbons (Fsp3) is 0.600. The average Bonchev–Trinajstić information content (AvgIpc) is 2.37. The third kappa shape index (κ3) is 3.47. The maximum atomic E-state index is 6.12. The summed E-state index contributed by atoms with van der Waals surface area (Å²) in [6.45, 7) is 8.13. The van der Waals surface area contributed by atoms with Gasteiger partial charge in [0.1, 0.15) is 5.75 Å². The van der Waals surface area contributed by atoms with Crippen LogP contribution in [0.3, 0.4) is 0 Å². The summed E-state index contributed by atoms with van der Waals surface area (Å²) in [5.41, 5.74) is 7.46. The van der Waals surface area contributed by atoms with Crippen LogP contribution in [0.25, 0.3) is 0 Å². The highest BCUT2D eigenvalue weighted by atomic mass is 16.5. The smallest absolute Gasteiger partial charge is 0.119 e. The highest BCUT2D eigenvalue weighted by molar-refractivity contribution is 5.27. The molecule has 18 heavy (non-hydrogen) atoms. The Morgan fingerprint density at radius 2 is 2.06 bits per heavy atom. The topological polar surface area (TPSA) is 38.5 Å². The van der Waals surface area contributed by atoms with Crippen molar-refractivity contribution in [2.75, 3.05) is 19.7 Å². The first-order valence-corrected chi connectivity index (χ1v) is 6.88. The van der Waals surface area contributed by atoms with Crippen LogP contribution in [-0.2, 0) is 6.54 Å². The van der Waals surface area contributed by atoms with Gasteiger partial charge in [-0.3, -0.25) is 4.90 Å². The van der Waals surface area contributed by atoms with Crippen molar-refractivity contribution in [2.24, 2.45) is 11.7 Å². The van der Waals surface area contributed by atoms with E-state index in [0.29, 0.717) is 12.0 Å². The first-order chi connectivity index (χ1) is 8.69. The SMILES string of the molecule is CCOc1ccc(CN2CCC(C)C(N)C2)cc1. The second-order valence-corrected chi connectivity index (χ2v) is 5.24. The van der Waals surface area contributed by atoms with Gasteiger partial charge in [-0.05, 0) is 43.5 Å². The fourth-order valence-corrected chi connectivity index (χ4v) is 2.43. The molecule has 1 fully saturated rings. The van der Waals surface area contributed by atoms with Crippen molar-refractivity contribution in [3.8, 4) is 5.75 Å². The number of hydrogen-bond acceptors (Lipinski definition) is 3. The summed E-state index contributed by atoms with van der Waals surface area (Å²) in [7, 11) is 0. The van der Waals surface area contributed by atoms with Crippen molar-refractivity contribution in [3.05, 3.63) is 29.8 Å². The van der Waals surface area contributed by atoms with Crippen LogP contribution in [0.5, 0.6) is 5.75 Å². The molecule has 0 radical (unpaired) electrons. The Hall–Kier alpha value is -1.06. The van der Waals surface area contributed by atoms with Gasteiger partial charge in [-0.25, -0.2) is 0 Å². The van der Waals surface area contributed by atoms with Gasteiger partial charge in [0.15, 0.2) is 0 Å². The van der Waals surface area contributed by atoms with E-state index in [2.05, 4.69) is 24.0 Å². The van der Waals surface area contributed by atoms with Gasteiger partial charge in [0.05, 0.1) is 6.61 Å². The number of benzene rings is 1. The van der Waals surface area contributed by atoms with Crippen LogP contribution in [0.1, 0.15) is 25.8 Å². The van der Waals surface area contributed by atoms with Gasteiger partial charge in [0.25, 0.3) is 0 Å². The Kier molecular flexibility index (Phi) is 4.61. The minimum absolute atomic E-state index is 0.321. The van der Waals surface area contributed by atoms with Crippen molar-refractivity contribution < 1.29 is 4.74 Å². The highest BCUT2D eigenvalue weighted by Gasteiger charge is 2.22. The van der Waals surface area contributed by atoms with Crippen molar-refractivity contribution in [3.63, 3.8) is 0 Å². The Labute approximate surface area is 110 Å². The standard InChI is InChI=1S/C15H24N2O/c1-3-18-14-6-4-13(5-7-14)10-17-9-8-12(2)15(16)11-17/h4-7,12,15H,3,8-11,16H2,1-2H3. The molecular weight excluding hydrogens is 224 g/mol. The molecule has 1 aliphatic rings. The molecule has 3 heteroatoms. The molecule has 1 aromatic carbocycles. The van der Waals surface area contributed by atoms with E-state index in [1.54, 1.807) is 0 Å². The van der Waals surface area contributed by atoms with E-state index in [9.17, 15) is 0 Å². The molecule has 3 nitrogen and oxygen atoms in total. The summed E-state index contributed by atoms with van der Waals surface area (Å²) in [5.74, 6) is 1.60. The first-order valence-electron chi connectivity index (χ1n) is 6.88. The zero-order valence-corrected chi connectivity index (χ0v) is 11.4. The summed E-state index contributed by atoms with van der Waals surface area (Å²) in [6, 6.07) is 8.71. The predicted molar refractivity (Wildman–Crippen MR) is 74.6 cm³/mol. The van der Waals surface area contributed by atoms with E-state index in [-0.39, 0.29) is 0 Å². The van der Waals surface area contributed by atoms with E-state index < -0.39 is 0 Å². The van der Waals surface area contributed by atoms with Gasteiger partial charge >= 0.3 is 0 Å². The molecule has 0 amide bonds. The van der Waals surface area contributed by atoms with Gasteiger partial charge in [-0.1, -0.05) is 19.1 Å². The van der Waals surface area contributed by atoms with Gasteiger partial charge < -0.3 is 10.5 Å². The molecule has 2 unspecified atom stereocenters. The lowest BCUT2D eigenvalue weighted by Crippen LogP contribution is -2.47. The zero-order valence-electron chi connectivity index (χ0n) is 11.4. The molecule has 1 heterocycles. The number of likely N-dealkylation sites (tertiary alicyclic amines) is 1. The molecule has 2 atom stereocenters. The Morgan fingerprint density at radius 1 is 1.33 bits per heavy atom. The summed E-state index contributed by atoms with van der Waals surface area (Å²) in [5, 5.41) is 0. The molecule has 0 aromatic heterocycles. The molecule has 0 saturated carbocycles. The average molecular weight is 248 g/mol. The van der Waals surface area contributed by atoms with Crippen LogP contribution in [0.4, 0.5) is 0 Å². The minimum Gasteiger partial charge on any atom is -0.494 e. The van der Waals surface area contributed by atoms with Crippen LogP contribution >= 0.6 is 0 Å². The Morgan fingerprint density at radius 3 is 2.67 bits per heavy atom. The van der Waals surface area contributed by atoms with Crippen molar-refractivity contribution in [2.45, 2.75) is 32.9 Å². The Balaban J connectivity index is 1.89. The van der Waals surface area contributed by atoms with Crippen molar-refractivity contribution in [1.82, 2.24) is 4.90 Å². The first kappa shape index (κ1) is 13.4. The molecule has 0 bridgehead atoms. The number of nitrogens with two attached hydrogens (primary N) is 1. The second-order valence-electron chi connectivity index (χ2n) is 5.24. The summed E-state index contributed by atoms with van der Waals surface area (Å²) in [4.78, 5) is 2.44. The molecule has 2 rings (SSSR count). The van der Waals surface area contributed by atoms with Crippen LogP contribution in [0, 0.1) is 5.92 Å². The third-order valence-corrected chi connectivity index (χ3v) is 3.74. The van der Waals surface area contributed by atoms with Gasteiger partial charge in [0, 0.05) is 19.1 Å². The van der Waals surface area contributed by atoms with Crippen molar-refractivity contribution in [1.29, 1.82) is 0 Å². The van der Waals surface area contributed by atoms with E-state index >= 15 is 0 Å². The quantitative estimate of drug-likeness (QED) is 0.888. The van der Waals surface area contributed by atoms with E-state index in [0.717, 1.165) is 32.0 Å². The molecular formula is C15H24N2O. The second kappa shape index (κ2) is 6.21. The maximum Gasteiger partial charge on any atom is 0.119 e. The molecule has 0 aliphatic carbocycles. The zero-order chi connectivity index (χ0) is 13.0. The largest absolute Gasteiger partial charge is 0.494 e. The number of piperidine rings is 1. The molecule has 1 aliphatic heterocycles. The lowest BCUT2D eigenvalue weighted by molar-refractivity contribution is 0.162. The van der Waals surface area contributed by atoms with Crippen LogP contribution < -0.4 is 10.5 Å². The summed E-state index contributed by atoms with van der Waals surface area (Å²) < 4.78 is 5.45. The molecule has 100 valence electrons. The lowest BCUT2D eigenvalue weighted by Gasteiger charge is -2.35. The normalized spacial score (nSPS) is 25.1.